The molecular weight excluding hydrogens is 617 g/mol. The Hall–Kier alpha value is -0.980. The first-order chi connectivity index (χ1) is 24.9. The molecule has 0 aliphatic heterocycles. The van der Waals surface area contributed by atoms with Gasteiger partial charge in [-0.1, -0.05) is 252 Å². The van der Waals surface area contributed by atoms with E-state index in [9.17, 15) is 5.11 Å². The number of phenols is 1. The summed E-state index contributed by atoms with van der Waals surface area (Å²) in [4.78, 5) is 0. The first kappa shape index (κ1) is 48.0. The molecule has 0 spiro atoms. The van der Waals surface area contributed by atoms with Crippen LogP contribution in [0, 0.1) is 5.41 Å². The molecule has 0 amide bonds. The van der Waals surface area contributed by atoms with Gasteiger partial charge in [-0.25, -0.2) is 0 Å². The summed E-state index contributed by atoms with van der Waals surface area (Å²) in [5.74, 6) is 0.424. The summed E-state index contributed by atoms with van der Waals surface area (Å²) >= 11 is 0. The van der Waals surface area contributed by atoms with E-state index in [1.165, 1.54) is 243 Å². The highest BCUT2D eigenvalue weighted by Gasteiger charge is 2.39. The monoisotopic (exact) mass is 711 g/mol. The molecule has 0 atom stereocenters. The van der Waals surface area contributed by atoms with Gasteiger partial charge < -0.3 is 5.11 Å². The Balaban J connectivity index is 3.13. The summed E-state index contributed by atoms with van der Waals surface area (Å²) in [6, 6.07) is 8.66. The van der Waals surface area contributed by atoms with Crippen LogP contribution in [-0.4, -0.2) is 5.11 Å². The zero-order valence-electron chi connectivity index (χ0n) is 35.9. The number of benzene rings is 1. The predicted molar refractivity (Wildman–Crippen MR) is 231 cm³/mol. The molecule has 0 aromatic heterocycles. The lowest BCUT2D eigenvalue weighted by atomic mass is 9.61. The van der Waals surface area contributed by atoms with E-state index in [0.29, 0.717) is 11.2 Å². The molecule has 1 aromatic rings. The second kappa shape index (κ2) is 33.6. The predicted octanol–water partition coefficient (Wildman–Crippen LogP) is 18.1. The third kappa shape index (κ3) is 25.6. The molecule has 1 nitrogen and oxygen atoms in total. The molecule has 0 saturated heterocycles. The van der Waals surface area contributed by atoms with Crippen molar-refractivity contribution in [1.82, 2.24) is 0 Å². The highest BCUT2D eigenvalue weighted by Crippen LogP contribution is 2.49. The van der Waals surface area contributed by atoms with Crippen molar-refractivity contribution in [1.29, 1.82) is 0 Å². The minimum Gasteiger partial charge on any atom is -0.508 e. The lowest BCUT2D eigenvalue weighted by molar-refractivity contribution is 0.148. The van der Waals surface area contributed by atoms with E-state index in [4.69, 9.17) is 0 Å². The van der Waals surface area contributed by atoms with Crippen LogP contribution in [0.2, 0.25) is 0 Å². The zero-order valence-corrected chi connectivity index (χ0v) is 35.9. The summed E-state index contributed by atoms with van der Waals surface area (Å²) in [5, 5.41) is 10.4. The Labute approximate surface area is 322 Å². The maximum atomic E-state index is 10.4. The van der Waals surface area contributed by atoms with Crippen LogP contribution in [0.25, 0.3) is 0 Å². The van der Waals surface area contributed by atoms with Gasteiger partial charge in [0.25, 0.3) is 0 Å². The van der Waals surface area contributed by atoms with Crippen molar-refractivity contribution in [3.8, 4) is 5.75 Å². The highest BCUT2D eigenvalue weighted by molar-refractivity contribution is 5.32. The third-order valence-electron chi connectivity index (χ3n) is 12.5. The lowest BCUT2D eigenvalue weighted by Crippen LogP contribution is -2.34. The van der Waals surface area contributed by atoms with Crippen LogP contribution in [0.5, 0.6) is 5.75 Å². The van der Waals surface area contributed by atoms with Gasteiger partial charge in [-0.15, -0.1) is 0 Å². The fourth-order valence-electron chi connectivity index (χ4n) is 9.19. The Kier molecular flexibility index (Phi) is 31.6. The van der Waals surface area contributed by atoms with Crippen molar-refractivity contribution in [3.63, 3.8) is 0 Å². The van der Waals surface area contributed by atoms with Gasteiger partial charge in [0, 0.05) is 0 Å². The number of rotatable bonds is 39. The van der Waals surface area contributed by atoms with Crippen molar-refractivity contribution in [3.05, 3.63) is 29.8 Å². The van der Waals surface area contributed by atoms with Gasteiger partial charge in [-0.3, -0.25) is 0 Å². The first-order valence-corrected chi connectivity index (χ1v) is 23.7. The number of hydrogen-bond acceptors (Lipinski definition) is 1. The molecule has 0 heterocycles. The first-order valence-electron chi connectivity index (χ1n) is 23.7. The molecule has 0 aliphatic rings. The van der Waals surface area contributed by atoms with Gasteiger partial charge in [0.1, 0.15) is 5.75 Å². The number of hydrogen-bond donors (Lipinski definition) is 1. The fraction of sp³-hybridized carbons (Fsp3) is 0.880. The Morgan fingerprint density at radius 1 is 0.353 bits per heavy atom. The number of aromatic hydroxyl groups is 1. The third-order valence-corrected chi connectivity index (χ3v) is 12.5. The largest absolute Gasteiger partial charge is 0.508 e. The molecule has 0 unspecified atom stereocenters. The molecule has 0 bridgehead atoms. The van der Waals surface area contributed by atoms with Crippen LogP contribution in [0.1, 0.15) is 278 Å². The summed E-state index contributed by atoms with van der Waals surface area (Å²) < 4.78 is 0. The molecule has 300 valence electrons. The van der Waals surface area contributed by atoms with Gasteiger partial charge >= 0.3 is 0 Å². The quantitative estimate of drug-likeness (QED) is 0.0674. The molecule has 0 aliphatic carbocycles. The van der Waals surface area contributed by atoms with Crippen molar-refractivity contribution >= 4 is 0 Å². The maximum Gasteiger partial charge on any atom is 0.115 e. The van der Waals surface area contributed by atoms with Crippen molar-refractivity contribution in [2.45, 2.75) is 278 Å². The Morgan fingerprint density at radius 2 is 0.608 bits per heavy atom. The molecule has 1 heteroatoms. The summed E-state index contributed by atoms with van der Waals surface area (Å²) in [5.41, 5.74) is 2.15. The van der Waals surface area contributed by atoms with Crippen molar-refractivity contribution < 1.29 is 5.11 Å². The number of phenolic OH excluding ortho intramolecular Hbond substituents is 1. The second-order valence-electron chi connectivity index (χ2n) is 17.7. The van der Waals surface area contributed by atoms with Gasteiger partial charge in [0.15, 0.2) is 0 Å². The molecular formula is C50H94O. The van der Waals surface area contributed by atoms with Crippen LogP contribution in [-0.2, 0) is 5.41 Å². The van der Waals surface area contributed by atoms with E-state index in [1.54, 1.807) is 0 Å². The minimum atomic E-state index is 0.229. The SMILES string of the molecule is CCCCCCCCCCC(C)(CCCCCCCCCC)CC(CCCCCCCCCC)(CCCCCCCCCC)c1ccc(O)cc1. The second-order valence-corrected chi connectivity index (χ2v) is 17.7. The number of unbranched alkanes of at least 4 members (excludes halogenated alkanes) is 28. The summed E-state index contributed by atoms with van der Waals surface area (Å²) in [6.07, 6.45) is 51.7. The van der Waals surface area contributed by atoms with E-state index in [-0.39, 0.29) is 5.41 Å². The molecule has 0 radical (unpaired) electrons. The van der Waals surface area contributed by atoms with Crippen LogP contribution in [0.3, 0.4) is 0 Å². The Bertz CT molecular complexity index is 799. The topological polar surface area (TPSA) is 20.2 Å². The van der Waals surface area contributed by atoms with Crippen LogP contribution in [0.15, 0.2) is 24.3 Å². The van der Waals surface area contributed by atoms with Crippen molar-refractivity contribution in [2.75, 3.05) is 0 Å². The van der Waals surface area contributed by atoms with Crippen molar-refractivity contribution in [2.24, 2.45) is 5.41 Å². The van der Waals surface area contributed by atoms with E-state index in [2.05, 4.69) is 46.8 Å². The Morgan fingerprint density at radius 3 is 0.902 bits per heavy atom. The normalized spacial score (nSPS) is 12.3. The van der Waals surface area contributed by atoms with E-state index >= 15 is 0 Å². The molecule has 51 heavy (non-hydrogen) atoms. The summed E-state index contributed by atoms with van der Waals surface area (Å²) in [6.45, 7) is 12.0. The van der Waals surface area contributed by atoms with E-state index < -0.39 is 0 Å². The molecule has 0 fully saturated rings. The zero-order chi connectivity index (χ0) is 37.1. The maximum absolute atomic E-state index is 10.4. The van der Waals surface area contributed by atoms with Crippen LogP contribution >= 0.6 is 0 Å². The molecule has 1 rings (SSSR count). The lowest BCUT2D eigenvalue weighted by Gasteiger charge is -2.44. The average Bonchev–Trinajstić information content (AvgIpc) is 3.13. The van der Waals surface area contributed by atoms with Gasteiger partial charge in [-0.2, -0.15) is 0 Å². The van der Waals surface area contributed by atoms with Crippen LogP contribution in [0.4, 0.5) is 0 Å². The standard InChI is InChI=1S/C50H94O/c1-6-10-14-18-22-26-30-34-42-49(5,43-35-31-27-23-19-15-11-7-2)46-50(47-38-40-48(51)41-39-47,44-36-32-28-24-20-16-12-8-3)45-37-33-29-25-21-17-13-9-4/h38-41,51H,6-37,42-46H2,1-5H3. The van der Waals surface area contributed by atoms with Gasteiger partial charge in [-0.05, 0) is 60.6 Å². The van der Waals surface area contributed by atoms with E-state index in [1.807, 2.05) is 12.1 Å². The molecule has 0 saturated carbocycles. The average molecular weight is 711 g/mol. The van der Waals surface area contributed by atoms with Gasteiger partial charge in [0.2, 0.25) is 0 Å². The molecule has 1 aromatic carbocycles. The highest BCUT2D eigenvalue weighted by atomic mass is 16.3. The molecule has 1 N–H and O–H groups in total. The smallest absolute Gasteiger partial charge is 0.115 e. The van der Waals surface area contributed by atoms with Crippen LogP contribution < -0.4 is 0 Å². The minimum absolute atomic E-state index is 0.229. The fourth-order valence-corrected chi connectivity index (χ4v) is 9.19. The summed E-state index contributed by atoms with van der Waals surface area (Å²) in [7, 11) is 0. The van der Waals surface area contributed by atoms with Gasteiger partial charge in [0.05, 0.1) is 0 Å². The van der Waals surface area contributed by atoms with E-state index in [0.717, 1.165) is 0 Å².